The van der Waals surface area contributed by atoms with E-state index in [4.69, 9.17) is 0 Å². The number of rotatable bonds is 6. The zero-order valence-electron chi connectivity index (χ0n) is 23.7. The molecule has 5 atom stereocenters. The van der Waals surface area contributed by atoms with Crippen molar-refractivity contribution in [3.63, 3.8) is 0 Å². The summed E-state index contributed by atoms with van der Waals surface area (Å²) in [4.78, 5) is 31.6. The number of nitrogens with one attached hydrogen (secondary N) is 1. The number of piperazine rings is 1. The molecule has 2 saturated heterocycles. The van der Waals surface area contributed by atoms with Crippen LogP contribution in [0.3, 0.4) is 0 Å². The molecule has 39 heavy (non-hydrogen) atoms. The molecule has 0 aromatic heterocycles. The maximum atomic E-state index is 14.1. The van der Waals surface area contributed by atoms with Gasteiger partial charge < -0.3 is 15.3 Å². The van der Waals surface area contributed by atoms with Crippen molar-refractivity contribution in [2.75, 3.05) is 26.7 Å². The third-order valence-electron chi connectivity index (χ3n) is 9.26. The van der Waals surface area contributed by atoms with Crippen molar-refractivity contribution < 1.29 is 14.7 Å². The Balaban J connectivity index is 1.43. The van der Waals surface area contributed by atoms with Crippen molar-refractivity contribution in [1.29, 1.82) is 0 Å². The molecule has 0 spiro atoms. The van der Waals surface area contributed by atoms with E-state index in [1.165, 1.54) is 11.1 Å². The quantitative estimate of drug-likeness (QED) is 0.543. The number of nitrogens with zero attached hydrogens (tertiary/aromatic N) is 4. The largest absolute Gasteiger partial charge is 0.377 e. The number of amides is 3. The lowest BCUT2D eigenvalue weighted by Gasteiger charge is -2.57. The van der Waals surface area contributed by atoms with Gasteiger partial charge in [-0.25, -0.2) is 19.7 Å². The van der Waals surface area contributed by atoms with Gasteiger partial charge in [-0.3, -0.25) is 4.79 Å². The number of fused-ring (bicyclic) bond motifs is 2. The average Bonchev–Trinajstić information content (AvgIpc) is 2.93. The maximum absolute atomic E-state index is 14.1. The van der Waals surface area contributed by atoms with Crippen LogP contribution in [-0.2, 0) is 11.3 Å². The van der Waals surface area contributed by atoms with Crippen LogP contribution in [0.15, 0.2) is 65.8 Å². The van der Waals surface area contributed by atoms with Crippen LogP contribution in [0.25, 0.3) is 0 Å². The van der Waals surface area contributed by atoms with Crippen molar-refractivity contribution in [1.82, 2.24) is 25.1 Å². The van der Waals surface area contributed by atoms with Gasteiger partial charge in [0, 0.05) is 25.6 Å². The van der Waals surface area contributed by atoms with Gasteiger partial charge in [-0.2, -0.15) is 0 Å². The van der Waals surface area contributed by atoms with Gasteiger partial charge in [0.05, 0.1) is 19.1 Å². The van der Waals surface area contributed by atoms with E-state index in [-0.39, 0.29) is 29.8 Å². The van der Waals surface area contributed by atoms with Gasteiger partial charge in [-0.15, -0.1) is 0 Å². The molecule has 8 nitrogen and oxygen atoms in total. The van der Waals surface area contributed by atoms with Crippen molar-refractivity contribution in [2.24, 2.45) is 11.3 Å². The SMILES string of the molecule is CCC(C)[C@H]1C(=O)N(CC2=CCCC3=CC=CCC32C)C[C@H]2N1C(O)CN(C)N2C(=O)NCc1ccccc1. The van der Waals surface area contributed by atoms with Gasteiger partial charge in [0.25, 0.3) is 0 Å². The number of benzene rings is 1. The number of likely N-dealkylation sites (N-methyl/N-ethyl adjacent to an activating group) is 1. The molecular formula is C31H43N5O3. The van der Waals surface area contributed by atoms with E-state index in [0.717, 1.165) is 31.2 Å². The number of urea groups is 1. The molecule has 0 radical (unpaired) electrons. The summed E-state index contributed by atoms with van der Waals surface area (Å²) >= 11 is 0. The molecule has 2 aliphatic heterocycles. The Morgan fingerprint density at radius 1 is 1.23 bits per heavy atom. The first-order chi connectivity index (χ1) is 18.7. The van der Waals surface area contributed by atoms with Crippen LogP contribution in [-0.4, -0.2) is 82.0 Å². The Labute approximate surface area is 232 Å². The minimum atomic E-state index is -0.840. The molecule has 2 fully saturated rings. The van der Waals surface area contributed by atoms with Crippen molar-refractivity contribution in [2.45, 2.75) is 71.4 Å². The minimum Gasteiger partial charge on any atom is -0.377 e. The molecule has 2 heterocycles. The molecule has 1 aromatic carbocycles. The van der Waals surface area contributed by atoms with Crippen LogP contribution >= 0.6 is 0 Å². The van der Waals surface area contributed by atoms with Gasteiger partial charge in [0.2, 0.25) is 5.91 Å². The summed E-state index contributed by atoms with van der Waals surface area (Å²) in [6, 6.07) is 9.10. The van der Waals surface area contributed by atoms with Gasteiger partial charge in [0.1, 0.15) is 12.4 Å². The van der Waals surface area contributed by atoms with Crippen LogP contribution in [0.4, 0.5) is 4.79 Å². The Kier molecular flexibility index (Phi) is 7.99. The van der Waals surface area contributed by atoms with Crippen molar-refractivity contribution in [3.05, 3.63) is 71.3 Å². The number of allylic oxidation sites excluding steroid dienone is 5. The normalized spacial score (nSPS) is 30.3. The van der Waals surface area contributed by atoms with Crippen molar-refractivity contribution >= 4 is 11.9 Å². The van der Waals surface area contributed by atoms with E-state index in [1.807, 2.05) is 47.2 Å². The fourth-order valence-corrected chi connectivity index (χ4v) is 6.73. The summed E-state index contributed by atoms with van der Waals surface area (Å²) in [6.07, 6.45) is 11.4. The third kappa shape index (κ3) is 5.17. The van der Waals surface area contributed by atoms with Crippen LogP contribution in [0.1, 0.15) is 52.0 Å². The van der Waals surface area contributed by atoms with Gasteiger partial charge in [0.15, 0.2) is 0 Å². The summed E-state index contributed by atoms with van der Waals surface area (Å²) in [5, 5.41) is 17.8. The van der Waals surface area contributed by atoms with E-state index in [0.29, 0.717) is 19.6 Å². The topological polar surface area (TPSA) is 79.4 Å². The van der Waals surface area contributed by atoms with E-state index < -0.39 is 18.4 Å². The Morgan fingerprint density at radius 2 is 2.00 bits per heavy atom. The monoisotopic (exact) mass is 533 g/mol. The zero-order chi connectivity index (χ0) is 27.7. The predicted octanol–water partition coefficient (Wildman–Crippen LogP) is 3.87. The van der Waals surface area contributed by atoms with Gasteiger partial charge in [-0.05, 0) is 36.3 Å². The second-order valence-electron chi connectivity index (χ2n) is 11.7. The first-order valence-electron chi connectivity index (χ1n) is 14.4. The average molecular weight is 534 g/mol. The number of hydrogen-bond acceptors (Lipinski definition) is 5. The van der Waals surface area contributed by atoms with E-state index in [2.05, 4.69) is 50.4 Å². The lowest BCUT2D eigenvalue weighted by atomic mass is 9.66. The van der Waals surface area contributed by atoms with Crippen LogP contribution in [0.2, 0.25) is 0 Å². The molecule has 0 bridgehead atoms. The molecule has 0 saturated carbocycles. The predicted molar refractivity (Wildman–Crippen MR) is 152 cm³/mol. The first-order valence-corrected chi connectivity index (χ1v) is 14.4. The van der Waals surface area contributed by atoms with Crippen LogP contribution in [0.5, 0.6) is 0 Å². The lowest BCUT2D eigenvalue weighted by Crippen LogP contribution is -2.77. The summed E-state index contributed by atoms with van der Waals surface area (Å²) in [6.45, 7) is 7.98. The van der Waals surface area contributed by atoms with Crippen LogP contribution < -0.4 is 5.32 Å². The summed E-state index contributed by atoms with van der Waals surface area (Å²) in [5.74, 6) is 0.0693. The number of β-amino-alcohol motifs (C(OH)–C–C–N with tert-alkyl or cyclic N) is 1. The summed E-state index contributed by atoms with van der Waals surface area (Å²) in [5.41, 5.74) is 3.65. The Bertz CT molecular complexity index is 1160. The summed E-state index contributed by atoms with van der Waals surface area (Å²) in [7, 11) is 1.83. The zero-order valence-corrected chi connectivity index (χ0v) is 23.7. The number of hydrogen-bond donors (Lipinski definition) is 2. The van der Waals surface area contributed by atoms with E-state index in [1.54, 1.807) is 10.0 Å². The molecule has 3 unspecified atom stereocenters. The van der Waals surface area contributed by atoms with Crippen molar-refractivity contribution in [3.8, 4) is 0 Å². The van der Waals surface area contributed by atoms with E-state index in [9.17, 15) is 14.7 Å². The summed E-state index contributed by atoms with van der Waals surface area (Å²) < 4.78 is 0. The molecule has 2 aliphatic carbocycles. The number of aliphatic hydroxyl groups excluding tert-OH is 1. The number of carbonyl (C=O) groups is 2. The molecule has 2 N–H and O–H groups in total. The second kappa shape index (κ2) is 11.3. The first kappa shape index (κ1) is 27.6. The molecule has 1 aromatic rings. The number of carbonyl (C=O) groups excluding carboxylic acids is 2. The third-order valence-corrected chi connectivity index (χ3v) is 9.26. The van der Waals surface area contributed by atoms with E-state index >= 15 is 0 Å². The smallest absolute Gasteiger partial charge is 0.333 e. The molecule has 5 rings (SSSR count). The standard InChI is InChI=1S/C31H43N5O3/c1-5-22(2)28-29(38)34(19-25-16-11-15-24-14-9-10-17-31(24,25)3)20-26-35(28)27(37)21-33(4)36(26)30(39)32-18-23-12-7-6-8-13-23/h6-10,12-14,16,22,26-28,37H,5,11,15,17-21H2,1-4H3,(H,32,39)/t22?,26-,27?,28-,31?/m0/s1. The second-order valence-corrected chi connectivity index (χ2v) is 11.7. The fraction of sp³-hybridized carbons (Fsp3) is 0.548. The van der Waals surface area contributed by atoms with Gasteiger partial charge in [-0.1, -0.05) is 87.4 Å². The van der Waals surface area contributed by atoms with Gasteiger partial charge >= 0.3 is 6.03 Å². The van der Waals surface area contributed by atoms with Crippen LogP contribution in [0, 0.1) is 11.3 Å². The highest BCUT2D eigenvalue weighted by Crippen LogP contribution is 2.47. The Morgan fingerprint density at radius 3 is 2.74 bits per heavy atom. The minimum absolute atomic E-state index is 0.0269. The highest BCUT2D eigenvalue weighted by Gasteiger charge is 2.52. The lowest BCUT2D eigenvalue weighted by molar-refractivity contribution is -0.227. The fourth-order valence-electron chi connectivity index (χ4n) is 6.73. The molecule has 4 aliphatic rings. The Hall–Kier alpha value is -2.94. The molecule has 8 heteroatoms. The molecule has 3 amide bonds. The molecular weight excluding hydrogens is 490 g/mol. The molecule has 210 valence electrons. The number of hydrazine groups is 1. The highest BCUT2D eigenvalue weighted by molar-refractivity contribution is 5.84. The number of aliphatic hydroxyl groups is 1. The highest BCUT2D eigenvalue weighted by atomic mass is 16.3. The maximum Gasteiger partial charge on any atom is 0.333 e.